The van der Waals surface area contributed by atoms with E-state index in [-0.39, 0.29) is 11.3 Å². The first kappa shape index (κ1) is 22.5. The van der Waals surface area contributed by atoms with Crippen molar-refractivity contribution < 1.29 is 4.79 Å². The minimum atomic E-state index is 0.0476. The number of carbonyl (C=O) groups is 1. The van der Waals surface area contributed by atoms with Crippen LogP contribution in [-0.4, -0.2) is 37.4 Å². The van der Waals surface area contributed by atoms with Crippen molar-refractivity contribution in [2.24, 2.45) is 17.8 Å². The van der Waals surface area contributed by atoms with E-state index in [0.29, 0.717) is 6.54 Å². The molecule has 8 rings (SSSR count). The Morgan fingerprint density at radius 3 is 2.16 bits per heavy atom. The predicted octanol–water partition coefficient (Wildman–Crippen LogP) is 5.80. The summed E-state index contributed by atoms with van der Waals surface area (Å²) in [6.45, 7) is 0.551. The number of nitrogens with zero attached hydrogens (tertiary/aromatic N) is 5. The van der Waals surface area contributed by atoms with Gasteiger partial charge in [-0.3, -0.25) is 4.79 Å². The molecule has 4 aromatic rings. The number of amides is 1. The molecule has 0 saturated heterocycles. The topological polar surface area (TPSA) is 56.0 Å². The van der Waals surface area contributed by atoms with E-state index in [1.54, 1.807) is 6.20 Å². The molecule has 37 heavy (non-hydrogen) atoms. The molecule has 0 aliphatic heterocycles. The zero-order chi connectivity index (χ0) is 25.0. The molecular weight excluding hydrogens is 458 g/mol. The van der Waals surface area contributed by atoms with Crippen LogP contribution >= 0.6 is 0 Å². The molecule has 188 valence electrons. The van der Waals surface area contributed by atoms with Crippen LogP contribution in [0.2, 0.25) is 0 Å². The van der Waals surface area contributed by atoms with Crippen molar-refractivity contribution in [2.45, 2.75) is 50.5 Å². The quantitative estimate of drug-likeness (QED) is 0.343. The molecule has 0 N–H and O–H groups in total. The summed E-state index contributed by atoms with van der Waals surface area (Å²) in [5.41, 5.74) is 4.98. The normalized spacial score (nSPS) is 25.9. The average Bonchev–Trinajstić information content (AvgIpc) is 3.60. The van der Waals surface area contributed by atoms with Crippen molar-refractivity contribution in [3.05, 3.63) is 96.1 Å². The fourth-order valence-corrected chi connectivity index (χ4v) is 7.76. The van der Waals surface area contributed by atoms with Gasteiger partial charge in [0.15, 0.2) is 0 Å². The highest BCUT2D eigenvalue weighted by Gasteiger charge is 2.54. The molecule has 0 atom stereocenters. The Kier molecular flexibility index (Phi) is 5.31. The van der Waals surface area contributed by atoms with Crippen molar-refractivity contribution in [1.29, 1.82) is 0 Å². The van der Waals surface area contributed by atoms with Crippen LogP contribution in [0.1, 0.15) is 60.1 Å². The molecule has 1 amide bonds. The third kappa shape index (κ3) is 3.99. The Hall–Kier alpha value is -3.67. The molecule has 4 aliphatic carbocycles. The maximum Gasteiger partial charge on any atom is 0.257 e. The van der Waals surface area contributed by atoms with Gasteiger partial charge < -0.3 is 4.90 Å². The molecule has 6 heteroatoms. The number of para-hydroxylation sites is 1. The van der Waals surface area contributed by atoms with Gasteiger partial charge in [0.1, 0.15) is 0 Å². The Morgan fingerprint density at radius 2 is 1.54 bits per heavy atom. The number of aromatic nitrogens is 4. The van der Waals surface area contributed by atoms with Gasteiger partial charge in [0.25, 0.3) is 5.91 Å². The number of rotatable bonds is 6. The molecule has 6 nitrogen and oxygen atoms in total. The van der Waals surface area contributed by atoms with Gasteiger partial charge in [0.2, 0.25) is 0 Å². The van der Waals surface area contributed by atoms with Crippen LogP contribution in [0.3, 0.4) is 0 Å². The molecule has 4 aliphatic rings. The molecule has 2 aromatic carbocycles. The Bertz CT molecular complexity index is 1370. The fraction of sp³-hybridized carbons (Fsp3) is 0.387. The maximum absolute atomic E-state index is 14.0. The molecule has 0 spiro atoms. The van der Waals surface area contributed by atoms with Gasteiger partial charge in [0, 0.05) is 37.6 Å². The molecular formula is C31H33N5O. The molecule has 4 bridgehead atoms. The Labute approximate surface area is 217 Å². The van der Waals surface area contributed by atoms with Crippen molar-refractivity contribution in [3.8, 4) is 11.4 Å². The summed E-state index contributed by atoms with van der Waals surface area (Å²) in [7, 11) is 1.91. The Balaban J connectivity index is 1.20. The number of hydrogen-bond acceptors (Lipinski definition) is 3. The van der Waals surface area contributed by atoms with Gasteiger partial charge in [-0.25, -0.2) is 9.36 Å². The molecule has 2 aromatic heterocycles. The van der Waals surface area contributed by atoms with Crippen LogP contribution < -0.4 is 0 Å². The Morgan fingerprint density at radius 1 is 0.892 bits per heavy atom. The van der Waals surface area contributed by atoms with Gasteiger partial charge in [-0.15, -0.1) is 0 Å². The van der Waals surface area contributed by atoms with E-state index in [1.165, 1.54) is 38.5 Å². The lowest BCUT2D eigenvalue weighted by Crippen LogP contribution is -2.49. The summed E-state index contributed by atoms with van der Waals surface area (Å²) in [6.07, 6.45) is 13.4. The van der Waals surface area contributed by atoms with Crippen LogP contribution in [0.5, 0.6) is 0 Å². The van der Waals surface area contributed by atoms with E-state index in [0.717, 1.165) is 45.9 Å². The lowest BCUT2D eigenvalue weighted by Gasteiger charge is -2.56. The fourth-order valence-electron chi connectivity index (χ4n) is 7.76. The summed E-state index contributed by atoms with van der Waals surface area (Å²) in [4.78, 5) is 15.9. The van der Waals surface area contributed by atoms with Crippen molar-refractivity contribution >= 4 is 5.91 Å². The lowest BCUT2D eigenvalue weighted by atomic mass is 9.48. The van der Waals surface area contributed by atoms with Crippen LogP contribution in [0.4, 0.5) is 0 Å². The lowest BCUT2D eigenvalue weighted by molar-refractivity contribution is -0.00783. The van der Waals surface area contributed by atoms with Gasteiger partial charge in [-0.05, 0) is 92.2 Å². The molecule has 0 radical (unpaired) electrons. The largest absolute Gasteiger partial charge is 0.337 e. The second-order valence-corrected chi connectivity index (χ2v) is 11.6. The van der Waals surface area contributed by atoms with Crippen molar-refractivity contribution in [2.75, 3.05) is 7.05 Å². The first-order valence-corrected chi connectivity index (χ1v) is 13.6. The number of carbonyl (C=O) groups excluding carboxylic acids is 1. The van der Waals surface area contributed by atoms with E-state index in [2.05, 4.69) is 41.5 Å². The molecule has 0 unspecified atom stereocenters. The highest BCUT2D eigenvalue weighted by Crippen LogP contribution is 2.61. The minimum Gasteiger partial charge on any atom is -0.337 e. The number of hydrogen-bond donors (Lipinski definition) is 0. The second kappa shape index (κ2) is 8.72. The molecule has 4 fully saturated rings. The smallest absolute Gasteiger partial charge is 0.257 e. The number of benzene rings is 2. The minimum absolute atomic E-state index is 0.0476. The van der Waals surface area contributed by atoms with E-state index >= 15 is 0 Å². The van der Waals surface area contributed by atoms with Gasteiger partial charge in [-0.1, -0.05) is 30.3 Å². The molecule has 2 heterocycles. The highest BCUT2D eigenvalue weighted by atomic mass is 16.2. The van der Waals surface area contributed by atoms with E-state index in [1.807, 2.05) is 58.0 Å². The zero-order valence-corrected chi connectivity index (χ0v) is 21.3. The van der Waals surface area contributed by atoms with E-state index in [9.17, 15) is 4.79 Å². The third-order valence-electron chi connectivity index (χ3n) is 8.98. The highest BCUT2D eigenvalue weighted by molar-refractivity contribution is 5.95. The van der Waals surface area contributed by atoms with E-state index in [4.69, 9.17) is 5.10 Å². The summed E-state index contributed by atoms with van der Waals surface area (Å²) in [6, 6.07) is 20.4. The second-order valence-electron chi connectivity index (χ2n) is 11.6. The average molecular weight is 492 g/mol. The summed E-state index contributed by atoms with van der Waals surface area (Å²) < 4.78 is 3.78. The van der Waals surface area contributed by atoms with E-state index < -0.39 is 0 Å². The van der Waals surface area contributed by atoms with Crippen LogP contribution in [0.25, 0.3) is 11.4 Å². The maximum atomic E-state index is 14.0. The summed E-state index contributed by atoms with van der Waals surface area (Å²) >= 11 is 0. The predicted molar refractivity (Wildman–Crippen MR) is 143 cm³/mol. The van der Waals surface area contributed by atoms with Crippen LogP contribution in [0, 0.1) is 17.8 Å². The van der Waals surface area contributed by atoms with Crippen molar-refractivity contribution in [3.63, 3.8) is 0 Å². The standard InChI is InChI=1S/C31H33N5O/c1-34(20-22-8-10-27(11-9-22)35-13-5-12-32-35)30(37)28-21-36(26-6-3-2-4-7-26)33-29(28)31-17-23-14-24(18-31)16-25(15-23)19-31/h2-13,21,23-25H,14-20H2,1H3. The summed E-state index contributed by atoms with van der Waals surface area (Å²) in [5, 5.41) is 9.48. The monoisotopic (exact) mass is 491 g/mol. The first-order chi connectivity index (χ1) is 18.1. The van der Waals surface area contributed by atoms with Crippen LogP contribution in [-0.2, 0) is 12.0 Å². The van der Waals surface area contributed by atoms with Gasteiger partial charge in [-0.2, -0.15) is 10.2 Å². The summed E-state index contributed by atoms with van der Waals surface area (Å²) in [5.74, 6) is 2.44. The van der Waals surface area contributed by atoms with Crippen molar-refractivity contribution in [1.82, 2.24) is 24.5 Å². The molecule has 4 saturated carbocycles. The SMILES string of the molecule is CN(Cc1ccc(-n2cccn2)cc1)C(=O)c1cn(-c2ccccc2)nc1C12CC3CC(CC(C3)C1)C2. The zero-order valence-electron chi connectivity index (χ0n) is 21.3. The third-order valence-corrected chi connectivity index (χ3v) is 8.98. The van der Waals surface area contributed by atoms with Gasteiger partial charge >= 0.3 is 0 Å². The van der Waals surface area contributed by atoms with Crippen LogP contribution in [0.15, 0.2) is 79.3 Å². The first-order valence-electron chi connectivity index (χ1n) is 13.6. The van der Waals surface area contributed by atoms with Gasteiger partial charge in [0.05, 0.1) is 22.6 Å².